The minimum Gasteiger partial charge on any atom is -0.491 e. The number of carbonyl (C=O) groups excluding carboxylic acids is 1. The van der Waals surface area contributed by atoms with Crippen LogP contribution in [-0.4, -0.2) is 41.8 Å². The van der Waals surface area contributed by atoms with Crippen molar-refractivity contribution in [2.45, 2.75) is 44.8 Å². The molecule has 1 amide bonds. The summed E-state index contributed by atoms with van der Waals surface area (Å²) in [6.07, 6.45) is 0.531. The molecule has 6 heteroatoms. The van der Waals surface area contributed by atoms with Gasteiger partial charge in [-0.25, -0.2) is 0 Å². The van der Waals surface area contributed by atoms with E-state index in [2.05, 4.69) is 5.32 Å². The number of benzene rings is 1. The molecule has 126 valence electrons. The molecule has 1 aliphatic rings. The van der Waals surface area contributed by atoms with E-state index in [1.807, 2.05) is 38.1 Å². The van der Waals surface area contributed by atoms with Gasteiger partial charge in [0.15, 0.2) is 0 Å². The first-order valence-electron chi connectivity index (χ1n) is 7.75. The Hall–Kier alpha value is -2.08. The summed E-state index contributed by atoms with van der Waals surface area (Å²) >= 11 is 0. The molecule has 23 heavy (non-hydrogen) atoms. The van der Waals surface area contributed by atoms with Gasteiger partial charge in [0, 0.05) is 12.2 Å². The molecule has 2 rings (SSSR count). The molecule has 1 saturated heterocycles. The predicted molar refractivity (Wildman–Crippen MR) is 84.5 cm³/mol. The fourth-order valence-corrected chi connectivity index (χ4v) is 2.71. The fraction of sp³-hybridized carbons (Fsp3) is 0.529. The number of ether oxygens (including phenoxy) is 2. The Morgan fingerprint density at radius 2 is 2.13 bits per heavy atom. The quantitative estimate of drug-likeness (QED) is 0.799. The van der Waals surface area contributed by atoms with Crippen molar-refractivity contribution in [3.05, 3.63) is 29.8 Å². The molecule has 0 saturated carbocycles. The highest BCUT2D eigenvalue weighted by Crippen LogP contribution is 2.24. The average Bonchev–Trinajstić information content (AvgIpc) is 2.87. The molecule has 2 N–H and O–H groups in total. The van der Waals surface area contributed by atoms with Crippen LogP contribution in [0.3, 0.4) is 0 Å². The van der Waals surface area contributed by atoms with Crippen LogP contribution in [0.5, 0.6) is 5.75 Å². The minimum atomic E-state index is -0.945. The van der Waals surface area contributed by atoms with E-state index in [4.69, 9.17) is 14.6 Å². The van der Waals surface area contributed by atoms with Crippen LogP contribution >= 0.6 is 0 Å². The smallest absolute Gasteiger partial charge is 0.305 e. The first-order valence-corrected chi connectivity index (χ1v) is 7.75. The van der Waals surface area contributed by atoms with E-state index >= 15 is 0 Å². The Bertz CT molecular complexity index is 564. The van der Waals surface area contributed by atoms with Crippen LogP contribution in [0.1, 0.15) is 32.3 Å². The normalized spacial score (nSPS) is 20.5. The van der Waals surface area contributed by atoms with Gasteiger partial charge in [-0.15, -0.1) is 0 Å². The number of nitrogens with one attached hydrogen (secondary N) is 1. The number of carbonyl (C=O) groups is 2. The topological polar surface area (TPSA) is 84.9 Å². The number of hydrogen-bond donors (Lipinski definition) is 2. The summed E-state index contributed by atoms with van der Waals surface area (Å²) < 4.78 is 11.0. The summed E-state index contributed by atoms with van der Waals surface area (Å²) in [5, 5.41) is 11.9. The Labute approximate surface area is 135 Å². The van der Waals surface area contributed by atoms with Crippen LogP contribution in [-0.2, 0) is 20.7 Å². The lowest BCUT2D eigenvalue weighted by Gasteiger charge is -2.27. The molecule has 0 radical (unpaired) electrons. The standard InChI is InChI=1S/C17H23NO5/c1-12(2)23-14-6-4-3-5-13(14)9-15(19)18-17(10-16(20)21)7-8-22-11-17/h3-6,12H,7-11H2,1-2H3,(H,18,19)(H,20,21). The van der Waals surface area contributed by atoms with Crippen LogP contribution in [0.4, 0.5) is 0 Å². The maximum atomic E-state index is 12.4. The van der Waals surface area contributed by atoms with Crippen molar-refractivity contribution in [2.24, 2.45) is 0 Å². The van der Waals surface area contributed by atoms with Crippen molar-refractivity contribution < 1.29 is 24.2 Å². The van der Waals surface area contributed by atoms with Crippen LogP contribution < -0.4 is 10.1 Å². The zero-order valence-electron chi connectivity index (χ0n) is 13.5. The number of para-hydroxylation sites is 1. The van der Waals surface area contributed by atoms with Gasteiger partial charge in [0.05, 0.1) is 31.1 Å². The summed E-state index contributed by atoms with van der Waals surface area (Å²) in [7, 11) is 0. The fourth-order valence-electron chi connectivity index (χ4n) is 2.71. The molecule has 0 spiro atoms. The molecule has 0 aliphatic carbocycles. The van der Waals surface area contributed by atoms with E-state index < -0.39 is 11.5 Å². The zero-order chi connectivity index (χ0) is 16.9. The van der Waals surface area contributed by atoms with Gasteiger partial charge < -0.3 is 19.9 Å². The van der Waals surface area contributed by atoms with Crippen LogP contribution in [0.2, 0.25) is 0 Å². The van der Waals surface area contributed by atoms with Crippen molar-refractivity contribution in [2.75, 3.05) is 13.2 Å². The SMILES string of the molecule is CC(C)Oc1ccccc1CC(=O)NC1(CC(=O)O)CCOC1. The minimum absolute atomic E-state index is 0.0146. The molecule has 1 aliphatic heterocycles. The van der Waals surface area contributed by atoms with E-state index in [1.165, 1.54) is 0 Å². The van der Waals surface area contributed by atoms with Gasteiger partial charge in [0.1, 0.15) is 5.75 Å². The van der Waals surface area contributed by atoms with Crippen LogP contribution in [0, 0.1) is 0 Å². The maximum Gasteiger partial charge on any atom is 0.305 e. The second-order valence-electron chi connectivity index (χ2n) is 6.15. The lowest BCUT2D eigenvalue weighted by Crippen LogP contribution is -2.51. The molecule has 1 unspecified atom stereocenters. The highest BCUT2D eigenvalue weighted by molar-refractivity contribution is 5.81. The van der Waals surface area contributed by atoms with Crippen molar-refractivity contribution in [3.63, 3.8) is 0 Å². The largest absolute Gasteiger partial charge is 0.491 e. The number of aliphatic carboxylic acids is 1. The summed E-state index contributed by atoms with van der Waals surface area (Å²) in [6.45, 7) is 4.54. The molecule has 1 aromatic carbocycles. The highest BCUT2D eigenvalue weighted by atomic mass is 16.5. The van der Waals surface area contributed by atoms with Gasteiger partial charge in [-0.05, 0) is 26.3 Å². The summed E-state index contributed by atoms with van der Waals surface area (Å²) in [6, 6.07) is 7.37. The lowest BCUT2D eigenvalue weighted by molar-refractivity contribution is -0.139. The summed E-state index contributed by atoms with van der Waals surface area (Å²) in [5.41, 5.74) is -0.0281. The highest BCUT2D eigenvalue weighted by Gasteiger charge is 2.38. The number of rotatable bonds is 7. The first-order chi connectivity index (χ1) is 10.9. The van der Waals surface area contributed by atoms with Crippen molar-refractivity contribution >= 4 is 11.9 Å². The maximum absolute atomic E-state index is 12.4. The lowest BCUT2D eigenvalue weighted by atomic mass is 9.94. The third-order valence-corrected chi connectivity index (χ3v) is 3.68. The van der Waals surface area contributed by atoms with Gasteiger partial charge in [-0.2, -0.15) is 0 Å². The third kappa shape index (κ3) is 4.96. The number of hydrogen-bond acceptors (Lipinski definition) is 4. The predicted octanol–water partition coefficient (Wildman–Crippen LogP) is 1.77. The van der Waals surface area contributed by atoms with Gasteiger partial charge in [0.2, 0.25) is 5.91 Å². The summed E-state index contributed by atoms with van der Waals surface area (Å²) in [4.78, 5) is 23.4. The van der Waals surface area contributed by atoms with E-state index in [1.54, 1.807) is 0 Å². The first kappa shape index (κ1) is 17.3. The van der Waals surface area contributed by atoms with E-state index in [0.29, 0.717) is 18.8 Å². The van der Waals surface area contributed by atoms with Gasteiger partial charge in [0.25, 0.3) is 0 Å². The van der Waals surface area contributed by atoms with E-state index in [9.17, 15) is 9.59 Å². The molecule has 1 fully saturated rings. The molecular formula is C17H23NO5. The third-order valence-electron chi connectivity index (χ3n) is 3.68. The van der Waals surface area contributed by atoms with Gasteiger partial charge in [-0.3, -0.25) is 9.59 Å². The molecule has 1 atom stereocenters. The van der Waals surface area contributed by atoms with E-state index in [0.717, 1.165) is 5.56 Å². The van der Waals surface area contributed by atoms with E-state index in [-0.39, 0.29) is 31.5 Å². The molecular weight excluding hydrogens is 298 g/mol. The molecule has 1 aromatic rings. The van der Waals surface area contributed by atoms with Crippen LogP contribution in [0.15, 0.2) is 24.3 Å². The molecule has 1 heterocycles. The Morgan fingerprint density at radius 1 is 1.39 bits per heavy atom. The second-order valence-corrected chi connectivity index (χ2v) is 6.15. The number of carboxylic acids is 1. The van der Waals surface area contributed by atoms with Gasteiger partial charge >= 0.3 is 5.97 Å². The molecule has 0 aromatic heterocycles. The van der Waals surface area contributed by atoms with Crippen molar-refractivity contribution in [3.8, 4) is 5.75 Å². The summed E-state index contributed by atoms with van der Waals surface area (Å²) in [5.74, 6) is -0.497. The van der Waals surface area contributed by atoms with Crippen molar-refractivity contribution in [1.82, 2.24) is 5.32 Å². The Kier molecular flexibility index (Phi) is 5.60. The Balaban J connectivity index is 2.05. The van der Waals surface area contributed by atoms with Crippen LogP contribution in [0.25, 0.3) is 0 Å². The van der Waals surface area contributed by atoms with Crippen molar-refractivity contribution in [1.29, 1.82) is 0 Å². The second kappa shape index (κ2) is 7.46. The monoisotopic (exact) mass is 321 g/mol. The average molecular weight is 321 g/mol. The number of amides is 1. The van der Waals surface area contributed by atoms with Gasteiger partial charge in [-0.1, -0.05) is 18.2 Å². The molecule has 0 bridgehead atoms. The zero-order valence-corrected chi connectivity index (χ0v) is 13.5. The Morgan fingerprint density at radius 3 is 2.74 bits per heavy atom. The molecule has 6 nitrogen and oxygen atoms in total. The number of carboxylic acid groups (broad SMARTS) is 1.